The number of aliphatic hydroxyl groups is 1. The number of guanidine groups is 1. The summed E-state index contributed by atoms with van der Waals surface area (Å²) >= 11 is 12.0. The van der Waals surface area contributed by atoms with Gasteiger partial charge in [-0.05, 0) is 44.5 Å². The summed E-state index contributed by atoms with van der Waals surface area (Å²) in [6, 6.07) is 5.79. The Morgan fingerprint density at radius 1 is 1.33 bits per heavy atom. The average molecular weight is 417 g/mol. The van der Waals surface area contributed by atoms with E-state index in [1.165, 1.54) is 0 Å². The first-order valence-corrected chi connectivity index (χ1v) is 10.2. The van der Waals surface area contributed by atoms with Crippen LogP contribution in [0.4, 0.5) is 0 Å². The Morgan fingerprint density at radius 3 is 2.67 bits per heavy atom. The molecule has 1 aliphatic heterocycles. The van der Waals surface area contributed by atoms with Gasteiger partial charge in [0.05, 0.1) is 25.9 Å². The van der Waals surface area contributed by atoms with Crippen molar-refractivity contribution in [2.75, 3.05) is 39.4 Å². The molecule has 0 spiro atoms. The molecule has 1 aromatic carbocycles. The molecule has 152 valence electrons. The number of nitrogens with zero attached hydrogens (tertiary/aromatic N) is 2. The molecule has 0 bridgehead atoms. The highest BCUT2D eigenvalue weighted by molar-refractivity contribution is 6.34. The Kier molecular flexibility index (Phi) is 9.12. The van der Waals surface area contributed by atoms with Crippen molar-refractivity contribution < 1.29 is 9.84 Å². The van der Waals surface area contributed by atoms with Gasteiger partial charge in [0.15, 0.2) is 5.96 Å². The van der Waals surface area contributed by atoms with Crippen molar-refractivity contribution in [3.05, 3.63) is 33.8 Å². The Bertz CT molecular complexity index is 609. The molecule has 0 aromatic heterocycles. The second kappa shape index (κ2) is 11.1. The maximum absolute atomic E-state index is 10.4. The number of nitrogens with one attached hydrogen (secondary N) is 2. The standard InChI is InChI=1S/C19H30Cl2N4O2/c1-4-22-19(23-10-13(2)25-5-6-27-12-14(25)3)24-11-18(26)15-7-16(20)9-17(21)8-15/h7-9,13-14,18,26H,4-6,10-12H2,1-3H3,(H2,22,23,24). The van der Waals surface area contributed by atoms with Crippen LogP contribution in [0, 0.1) is 0 Å². The highest BCUT2D eigenvalue weighted by atomic mass is 35.5. The van der Waals surface area contributed by atoms with Gasteiger partial charge in [-0.2, -0.15) is 0 Å². The third-order valence-electron chi connectivity index (χ3n) is 4.58. The summed E-state index contributed by atoms with van der Waals surface area (Å²) in [6.07, 6.45) is -0.734. The molecule has 0 amide bonds. The van der Waals surface area contributed by atoms with E-state index >= 15 is 0 Å². The Morgan fingerprint density at radius 2 is 2.04 bits per heavy atom. The first kappa shape index (κ1) is 22.2. The summed E-state index contributed by atoms with van der Waals surface area (Å²) in [5, 5.41) is 17.8. The molecular weight excluding hydrogens is 387 g/mol. The number of aliphatic hydroxyl groups excluding tert-OH is 1. The van der Waals surface area contributed by atoms with Gasteiger partial charge < -0.3 is 20.5 Å². The van der Waals surface area contributed by atoms with E-state index in [9.17, 15) is 5.11 Å². The van der Waals surface area contributed by atoms with Gasteiger partial charge in [0, 0.05) is 41.8 Å². The summed E-state index contributed by atoms with van der Waals surface area (Å²) in [4.78, 5) is 7.09. The molecule has 3 atom stereocenters. The molecule has 1 heterocycles. The van der Waals surface area contributed by atoms with E-state index in [4.69, 9.17) is 27.9 Å². The second-order valence-electron chi connectivity index (χ2n) is 6.83. The highest BCUT2D eigenvalue weighted by Crippen LogP contribution is 2.23. The lowest BCUT2D eigenvalue weighted by atomic mass is 10.1. The molecule has 0 aliphatic carbocycles. The van der Waals surface area contributed by atoms with E-state index in [-0.39, 0.29) is 0 Å². The number of morpholine rings is 1. The van der Waals surface area contributed by atoms with E-state index in [0.29, 0.717) is 46.7 Å². The molecule has 1 saturated heterocycles. The number of ether oxygens (including phenoxy) is 1. The molecule has 1 aromatic rings. The number of halogens is 2. The van der Waals surface area contributed by atoms with Crippen LogP contribution in [0.25, 0.3) is 0 Å². The summed E-state index contributed by atoms with van der Waals surface area (Å²) < 4.78 is 5.50. The molecule has 1 fully saturated rings. The van der Waals surface area contributed by atoms with Crippen LogP contribution in [0.1, 0.15) is 32.4 Å². The molecule has 27 heavy (non-hydrogen) atoms. The number of rotatable bonds is 7. The van der Waals surface area contributed by atoms with E-state index in [1.807, 2.05) is 6.92 Å². The van der Waals surface area contributed by atoms with E-state index in [2.05, 4.69) is 34.4 Å². The first-order chi connectivity index (χ1) is 12.9. The van der Waals surface area contributed by atoms with E-state index in [1.54, 1.807) is 18.2 Å². The van der Waals surface area contributed by atoms with Crippen LogP contribution in [0.3, 0.4) is 0 Å². The third kappa shape index (κ3) is 7.12. The molecule has 8 heteroatoms. The molecule has 1 aliphatic rings. The zero-order valence-corrected chi connectivity index (χ0v) is 17.7. The molecule has 3 N–H and O–H groups in total. The minimum absolute atomic E-state index is 0.310. The number of hydrogen-bond acceptors (Lipinski definition) is 4. The van der Waals surface area contributed by atoms with Gasteiger partial charge in [0.25, 0.3) is 0 Å². The number of benzene rings is 1. The van der Waals surface area contributed by atoms with Crippen LogP contribution < -0.4 is 10.6 Å². The SMILES string of the molecule is CCNC(=NCC(C)N1CCOCC1C)NCC(O)c1cc(Cl)cc(Cl)c1. The van der Waals surface area contributed by atoms with Crippen molar-refractivity contribution in [3.63, 3.8) is 0 Å². The smallest absolute Gasteiger partial charge is 0.191 e. The van der Waals surface area contributed by atoms with Crippen LogP contribution in [-0.2, 0) is 4.74 Å². The predicted molar refractivity (Wildman–Crippen MR) is 112 cm³/mol. The average Bonchev–Trinajstić information content (AvgIpc) is 2.63. The zero-order valence-electron chi connectivity index (χ0n) is 16.2. The lowest BCUT2D eigenvalue weighted by molar-refractivity contribution is -0.0165. The van der Waals surface area contributed by atoms with Gasteiger partial charge in [-0.25, -0.2) is 0 Å². The fourth-order valence-corrected chi connectivity index (χ4v) is 3.69. The van der Waals surface area contributed by atoms with Gasteiger partial charge in [-0.3, -0.25) is 9.89 Å². The first-order valence-electron chi connectivity index (χ1n) is 9.40. The van der Waals surface area contributed by atoms with Crippen molar-refractivity contribution in [1.82, 2.24) is 15.5 Å². The van der Waals surface area contributed by atoms with Gasteiger partial charge >= 0.3 is 0 Å². The van der Waals surface area contributed by atoms with Crippen LogP contribution in [0.15, 0.2) is 23.2 Å². The molecule has 0 saturated carbocycles. The van der Waals surface area contributed by atoms with Gasteiger partial charge in [0.2, 0.25) is 0 Å². The lowest BCUT2D eigenvalue weighted by Gasteiger charge is -2.37. The van der Waals surface area contributed by atoms with Gasteiger partial charge in [-0.1, -0.05) is 23.2 Å². The minimum Gasteiger partial charge on any atom is -0.387 e. The van der Waals surface area contributed by atoms with Crippen molar-refractivity contribution in [3.8, 4) is 0 Å². The van der Waals surface area contributed by atoms with Gasteiger partial charge in [0.1, 0.15) is 0 Å². The second-order valence-corrected chi connectivity index (χ2v) is 7.70. The Balaban J connectivity index is 1.92. The van der Waals surface area contributed by atoms with Crippen LogP contribution >= 0.6 is 23.2 Å². The number of aliphatic imine (C=N–C) groups is 1. The maximum Gasteiger partial charge on any atom is 0.191 e. The lowest BCUT2D eigenvalue weighted by Crippen LogP contribution is -2.49. The summed E-state index contributed by atoms with van der Waals surface area (Å²) in [5.74, 6) is 0.678. The maximum atomic E-state index is 10.4. The third-order valence-corrected chi connectivity index (χ3v) is 5.01. The van der Waals surface area contributed by atoms with Crippen molar-refractivity contribution in [2.24, 2.45) is 4.99 Å². The predicted octanol–water partition coefficient (Wildman–Crippen LogP) is 2.69. The molecule has 0 radical (unpaired) electrons. The van der Waals surface area contributed by atoms with Crippen molar-refractivity contribution in [1.29, 1.82) is 0 Å². The van der Waals surface area contributed by atoms with Crippen LogP contribution in [0.2, 0.25) is 10.0 Å². The fourth-order valence-electron chi connectivity index (χ4n) is 3.14. The van der Waals surface area contributed by atoms with E-state index in [0.717, 1.165) is 26.3 Å². The summed E-state index contributed by atoms with van der Waals surface area (Å²) in [6.45, 7) is 10.5. The zero-order chi connectivity index (χ0) is 19.8. The van der Waals surface area contributed by atoms with Crippen molar-refractivity contribution >= 4 is 29.2 Å². The van der Waals surface area contributed by atoms with Crippen molar-refractivity contribution in [2.45, 2.75) is 39.0 Å². The monoisotopic (exact) mass is 416 g/mol. The topological polar surface area (TPSA) is 69.1 Å². The largest absolute Gasteiger partial charge is 0.387 e. The Labute approximate surface area is 171 Å². The van der Waals surface area contributed by atoms with Gasteiger partial charge in [-0.15, -0.1) is 0 Å². The molecule has 2 rings (SSSR count). The van der Waals surface area contributed by atoms with Crippen LogP contribution in [-0.4, -0.2) is 67.4 Å². The normalized spacial score (nSPS) is 21.0. The Hall–Kier alpha value is -1.05. The number of hydrogen-bond donors (Lipinski definition) is 3. The van der Waals surface area contributed by atoms with E-state index < -0.39 is 6.10 Å². The summed E-state index contributed by atoms with van der Waals surface area (Å²) in [7, 11) is 0. The minimum atomic E-state index is -0.734. The summed E-state index contributed by atoms with van der Waals surface area (Å²) in [5.41, 5.74) is 0.673. The molecule has 6 nitrogen and oxygen atoms in total. The molecule has 3 unspecified atom stereocenters. The van der Waals surface area contributed by atoms with Crippen LogP contribution in [0.5, 0.6) is 0 Å². The molecular formula is C19H30Cl2N4O2. The quantitative estimate of drug-likeness (QED) is 0.470. The highest BCUT2D eigenvalue weighted by Gasteiger charge is 2.23. The fraction of sp³-hybridized carbons (Fsp3) is 0.632.